The van der Waals surface area contributed by atoms with E-state index in [9.17, 15) is 4.79 Å². The fraction of sp³-hybridized carbons (Fsp3) is 0.941. The average Bonchev–Trinajstić information content (AvgIpc) is 2.78. The Balaban J connectivity index is 1.86. The maximum absolute atomic E-state index is 12.2. The molecule has 1 saturated heterocycles. The Hall–Kier alpha value is -0.410. The largest absolute Gasteiger partial charge is 0.396 e. The van der Waals surface area contributed by atoms with E-state index in [1.165, 1.54) is 6.42 Å². The van der Waals surface area contributed by atoms with Gasteiger partial charge < -0.3 is 10.0 Å². The molecule has 0 amide bonds. The molecular weight excluding hydrogens is 250 g/mol. The molecule has 2 rings (SSSR count). The number of carbonyl (C=O) groups is 1. The third-order valence-corrected chi connectivity index (χ3v) is 5.37. The van der Waals surface area contributed by atoms with Crippen molar-refractivity contribution >= 4 is 5.78 Å². The third-order valence-electron chi connectivity index (χ3n) is 5.37. The van der Waals surface area contributed by atoms with Crippen LogP contribution in [0.1, 0.15) is 52.9 Å². The summed E-state index contributed by atoms with van der Waals surface area (Å²) in [6, 6.07) is 0. The van der Waals surface area contributed by atoms with Crippen LogP contribution in [0.5, 0.6) is 0 Å². The zero-order valence-electron chi connectivity index (χ0n) is 13.4. The molecular formula is C17H31NO2. The molecule has 3 atom stereocenters. The number of likely N-dealkylation sites (tertiary alicyclic amines) is 1. The van der Waals surface area contributed by atoms with Crippen molar-refractivity contribution in [2.45, 2.75) is 52.9 Å². The van der Waals surface area contributed by atoms with Crippen LogP contribution in [0.2, 0.25) is 0 Å². The van der Waals surface area contributed by atoms with Crippen molar-refractivity contribution in [2.75, 3.05) is 26.2 Å². The van der Waals surface area contributed by atoms with E-state index in [-0.39, 0.29) is 5.92 Å². The van der Waals surface area contributed by atoms with Crippen LogP contribution in [0.25, 0.3) is 0 Å². The number of aliphatic hydroxyl groups excluding tert-OH is 1. The van der Waals surface area contributed by atoms with Gasteiger partial charge in [0.05, 0.1) is 0 Å². The van der Waals surface area contributed by atoms with Gasteiger partial charge in [-0.3, -0.25) is 4.79 Å². The summed E-state index contributed by atoms with van der Waals surface area (Å²) >= 11 is 0. The van der Waals surface area contributed by atoms with Crippen LogP contribution < -0.4 is 0 Å². The number of ketones is 1. The summed E-state index contributed by atoms with van der Waals surface area (Å²) in [5, 5.41) is 9.03. The lowest BCUT2D eigenvalue weighted by molar-refractivity contribution is -0.127. The SMILES string of the molecule is CC(C)(C)C1CCC(=O)C(CN2CCC(CCO)C2)C1. The van der Waals surface area contributed by atoms with Gasteiger partial charge in [0.1, 0.15) is 5.78 Å². The lowest BCUT2D eigenvalue weighted by Crippen LogP contribution is -2.38. The van der Waals surface area contributed by atoms with Crippen molar-refractivity contribution in [3.8, 4) is 0 Å². The number of Topliss-reactive ketones (excluding diaryl/α,β-unsaturated/α-hetero) is 1. The van der Waals surface area contributed by atoms with Crippen molar-refractivity contribution in [3.05, 3.63) is 0 Å². The van der Waals surface area contributed by atoms with Gasteiger partial charge in [-0.25, -0.2) is 0 Å². The van der Waals surface area contributed by atoms with Crippen LogP contribution in [0.3, 0.4) is 0 Å². The molecule has 1 saturated carbocycles. The number of rotatable bonds is 4. The van der Waals surface area contributed by atoms with Crippen LogP contribution in [0, 0.1) is 23.2 Å². The second kappa shape index (κ2) is 6.57. The molecule has 1 aliphatic carbocycles. The summed E-state index contributed by atoms with van der Waals surface area (Å²) in [6.45, 7) is 10.3. The number of hydrogen-bond donors (Lipinski definition) is 1. The predicted octanol–water partition coefficient (Wildman–Crippen LogP) is 2.72. The summed E-state index contributed by atoms with van der Waals surface area (Å²) < 4.78 is 0. The van der Waals surface area contributed by atoms with E-state index in [1.54, 1.807) is 0 Å². The molecule has 0 bridgehead atoms. The Morgan fingerprint density at radius 3 is 2.70 bits per heavy atom. The molecule has 116 valence electrons. The van der Waals surface area contributed by atoms with Gasteiger partial charge in [0, 0.05) is 32.0 Å². The fourth-order valence-corrected chi connectivity index (χ4v) is 3.88. The van der Waals surface area contributed by atoms with Crippen molar-refractivity contribution < 1.29 is 9.90 Å². The topological polar surface area (TPSA) is 40.5 Å². The number of hydrogen-bond acceptors (Lipinski definition) is 3. The van der Waals surface area contributed by atoms with Crippen molar-refractivity contribution in [1.29, 1.82) is 0 Å². The van der Waals surface area contributed by atoms with Crippen LogP contribution in [-0.4, -0.2) is 42.0 Å². The minimum atomic E-state index is 0.251. The standard InChI is InChI=1S/C17H31NO2/c1-17(2,3)15-4-5-16(20)14(10-15)12-18-8-6-13(11-18)7-9-19/h13-15,19H,4-12H2,1-3H3. The van der Waals surface area contributed by atoms with Gasteiger partial charge in [-0.2, -0.15) is 0 Å². The van der Waals surface area contributed by atoms with Gasteiger partial charge >= 0.3 is 0 Å². The minimum Gasteiger partial charge on any atom is -0.396 e. The van der Waals surface area contributed by atoms with E-state index in [1.807, 2.05) is 0 Å². The Morgan fingerprint density at radius 1 is 1.30 bits per heavy atom. The molecule has 3 heteroatoms. The maximum atomic E-state index is 12.2. The quantitative estimate of drug-likeness (QED) is 0.861. The van der Waals surface area contributed by atoms with Crippen LogP contribution >= 0.6 is 0 Å². The summed E-state index contributed by atoms with van der Waals surface area (Å²) in [4.78, 5) is 14.6. The summed E-state index contributed by atoms with van der Waals surface area (Å²) in [6.07, 6.45) is 5.03. The Kier molecular flexibility index (Phi) is 5.25. The third kappa shape index (κ3) is 4.05. The number of aliphatic hydroxyl groups is 1. The second-order valence-electron chi connectivity index (χ2n) is 7.93. The summed E-state index contributed by atoms with van der Waals surface area (Å²) in [5.74, 6) is 2.05. The lowest BCUT2D eigenvalue weighted by atomic mass is 9.68. The van der Waals surface area contributed by atoms with Gasteiger partial charge in [0.2, 0.25) is 0 Å². The Labute approximate surface area is 123 Å². The Morgan fingerprint density at radius 2 is 2.05 bits per heavy atom. The molecule has 0 spiro atoms. The highest BCUT2D eigenvalue weighted by Crippen LogP contribution is 2.39. The van der Waals surface area contributed by atoms with E-state index >= 15 is 0 Å². The van der Waals surface area contributed by atoms with E-state index in [2.05, 4.69) is 25.7 Å². The molecule has 0 radical (unpaired) electrons. The molecule has 3 nitrogen and oxygen atoms in total. The van der Waals surface area contributed by atoms with Crippen molar-refractivity contribution in [1.82, 2.24) is 4.90 Å². The highest BCUT2D eigenvalue weighted by molar-refractivity contribution is 5.82. The van der Waals surface area contributed by atoms with Crippen molar-refractivity contribution in [3.63, 3.8) is 0 Å². The molecule has 1 N–H and O–H groups in total. The molecule has 2 aliphatic rings. The Bertz CT molecular complexity index is 334. The van der Waals surface area contributed by atoms with Gasteiger partial charge in [0.25, 0.3) is 0 Å². The van der Waals surface area contributed by atoms with Gasteiger partial charge in [-0.1, -0.05) is 20.8 Å². The summed E-state index contributed by atoms with van der Waals surface area (Å²) in [7, 11) is 0. The fourth-order valence-electron chi connectivity index (χ4n) is 3.88. The zero-order valence-corrected chi connectivity index (χ0v) is 13.4. The molecule has 1 aliphatic heterocycles. The monoisotopic (exact) mass is 281 g/mol. The first-order valence-electron chi connectivity index (χ1n) is 8.26. The molecule has 1 heterocycles. The first-order valence-corrected chi connectivity index (χ1v) is 8.26. The molecule has 0 aromatic heterocycles. The predicted molar refractivity (Wildman–Crippen MR) is 81.5 cm³/mol. The number of nitrogens with zero attached hydrogens (tertiary/aromatic N) is 1. The highest BCUT2D eigenvalue weighted by atomic mass is 16.3. The normalized spacial score (nSPS) is 32.8. The molecule has 0 aromatic carbocycles. The smallest absolute Gasteiger partial charge is 0.137 e. The number of carbonyl (C=O) groups excluding carboxylic acids is 1. The first kappa shape index (κ1) is 16.0. The maximum Gasteiger partial charge on any atom is 0.137 e. The van der Waals surface area contributed by atoms with Gasteiger partial charge in [-0.05, 0) is 49.5 Å². The highest BCUT2D eigenvalue weighted by Gasteiger charge is 2.36. The molecule has 20 heavy (non-hydrogen) atoms. The zero-order chi connectivity index (χ0) is 14.8. The second-order valence-corrected chi connectivity index (χ2v) is 7.93. The summed E-state index contributed by atoms with van der Waals surface area (Å²) in [5.41, 5.74) is 0.323. The van der Waals surface area contributed by atoms with Crippen LogP contribution in [0.4, 0.5) is 0 Å². The van der Waals surface area contributed by atoms with E-state index in [4.69, 9.17) is 5.11 Å². The van der Waals surface area contributed by atoms with Gasteiger partial charge in [0.15, 0.2) is 0 Å². The van der Waals surface area contributed by atoms with E-state index in [0.29, 0.717) is 29.6 Å². The van der Waals surface area contributed by atoms with Crippen molar-refractivity contribution in [2.24, 2.45) is 23.2 Å². The lowest BCUT2D eigenvalue weighted by Gasteiger charge is -2.38. The molecule has 0 aromatic rings. The molecule has 3 unspecified atom stereocenters. The van der Waals surface area contributed by atoms with Gasteiger partial charge in [-0.15, -0.1) is 0 Å². The average molecular weight is 281 g/mol. The van der Waals surface area contributed by atoms with Crippen LogP contribution in [-0.2, 0) is 4.79 Å². The molecule has 2 fully saturated rings. The van der Waals surface area contributed by atoms with E-state index < -0.39 is 0 Å². The first-order chi connectivity index (χ1) is 9.40. The van der Waals surface area contributed by atoms with E-state index in [0.717, 1.165) is 45.3 Å². The van der Waals surface area contributed by atoms with Crippen LogP contribution in [0.15, 0.2) is 0 Å². The minimum absolute atomic E-state index is 0.251.